The molecule has 0 amide bonds. The van der Waals surface area contributed by atoms with Crippen molar-refractivity contribution in [1.82, 2.24) is 0 Å². The third-order valence-corrected chi connectivity index (χ3v) is 5.14. The molecule has 2 heterocycles. The zero-order valence-corrected chi connectivity index (χ0v) is 8.60. The summed E-state index contributed by atoms with van der Waals surface area (Å²) in [6.45, 7) is 1.04. The van der Waals surface area contributed by atoms with Crippen LogP contribution in [0.1, 0.15) is 25.7 Å². The quantitative estimate of drug-likeness (QED) is 0.431. The lowest BCUT2D eigenvalue weighted by Crippen LogP contribution is -2.28. The van der Waals surface area contributed by atoms with Crippen molar-refractivity contribution < 1.29 is 0 Å². The molecule has 2 bridgehead atoms. The monoisotopic (exact) mass is 184 g/mol. The van der Waals surface area contributed by atoms with Gasteiger partial charge >= 0.3 is 0 Å². The van der Waals surface area contributed by atoms with E-state index in [4.69, 9.17) is 0 Å². The van der Waals surface area contributed by atoms with Gasteiger partial charge in [0.15, 0.2) is 6.71 Å². The van der Waals surface area contributed by atoms with E-state index in [0.29, 0.717) is 0 Å². The van der Waals surface area contributed by atoms with Gasteiger partial charge in [0, 0.05) is 0 Å². The molecule has 4 aliphatic rings. The van der Waals surface area contributed by atoms with E-state index in [0.717, 1.165) is 36.0 Å². The molecule has 2 unspecified atom stereocenters. The second-order valence-electron chi connectivity index (χ2n) is 5.70. The van der Waals surface area contributed by atoms with E-state index in [-0.39, 0.29) is 0 Å². The largest absolute Gasteiger partial charge is 0.159 e. The average molecular weight is 184 g/mol. The third kappa shape index (κ3) is 0.864. The van der Waals surface area contributed by atoms with Crippen molar-refractivity contribution >= 4 is 6.71 Å². The van der Waals surface area contributed by atoms with Gasteiger partial charge in [0.1, 0.15) is 0 Å². The summed E-state index contributed by atoms with van der Waals surface area (Å²) in [6, 6.07) is 0. The molecule has 14 heavy (non-hydrogen) atoms. The van der Waals surface area contributed by atoms with Crippen molar-refractivity contribution in [3.8, 4) is 0 Å². The molecule has 4 rings (SSSR count). The van der Waals surface area contributed by atoms with Crippen molar-refractivity contribution in [3.05, 3.63) is 24.3 Å². The maximum Gasteiger partial charge on any atom is 0.159 e. The van der Waals surface area contributed by atoms with E-state index in [1.165, 1.54) is 25.7 Å². The Morgan fingerprint density at radius 3 is 2.14 bits per heavy atom. The SMILES string of the molecule is C1=C[C@@H]2C3B(C4CCCC4)C1C=C[C@@H]32. The van der Waals surface area contributed by atoms with Crippen LogP contribution in [0.3, 0.4) is 0 Å². The number of hydrogen-bond donors (Lipinski definition) is 0. The summed E-state index contributed by atoms with van der Waals surface area (Å²) in [5, 5.41) is 0. The molecule has 2 fully saturated rings. The van der Waals surface area contributed by atoms with Crippen molar-refractivity contribution in [2.75, 3.05) is 0 Å². The van der Waals surface area contributed by atoms with Gasteiger partial charge in [0.2, 0.25) is 0 Å². The smallest absolute Gasteiger partial charge is 0.0886 e. The van der Waals surface area contributed by atoms with Crippen LogP contribution >= 0.6 is 0 Å². The Morgan fingerprint density at radius 1 is 0.857 bits per heavy atom. The van der Waals surface area contributed by atoms with Crippen molar-refractivity contribution in [1.29, 1.82) is 0 Å². The summed E-state index contributed by atoms with van der Waals surface area (Å²) in [6.07, 6.45) is 16.1. The van der Waals surface area contributed by atoms with Crippen LogP contribution in [0, 0.1) is 11.8 Å². The van der Waals surface area contributed by atoms with Gasteiger partial charge in [0.25, 0.3) is 0 Å². The standard InChI is InChI=1S/C13H17B/c1-2-4-9(3-1)14-10-5-7-11-12(8-6-10)13(11)14/h5-13H,1-4H2/t10?,11-,12+,13?. The first-order valence-electron chi connectivity index (χ1n) is 6.32. The predicted octanol–water partition coefficient (Wildman–Crippen LogP) is 3.55. The van der Waals surface area contributed by atoms with Crippen LogP contribution in [0.2, 0.25) is 17.5 Å². The van der Waals surface area contributed by atoms with Gasteiger partial charge < -0.3 is 0 Å². The van der Waals surface area contributed by atoms with Gasteiger partial charge in [-0.2, -0.15) is 0 Å². The molecule has 1 heteroatoms. The van der Waals surface area contributed by atoms with E-state index in [9.17, 15) is 0 Å². The topological polar surface area (TPSA) is 0 Å². The number of hydrogen-bond acceptors (Lipinski definition) is 0. The van der Waals surface area contributed by atoms with Crippen molar-refractivity contribution in [2.45, 2.75) is 43.1 Å². The highest BCUT2D eigenvalue weighted by Gasteiger charge is 2.59. The highest BCUT2D eigenvalue weighted by atomic mass is 14.5. The number of rotatable bonds is 1. The molecule has 0 aromatic carbocycles. The lowest BCUT2D eigenvalue weighted by molar-refractivity contribution is 0.816. The molecule has 2 aliphatic carbocycles. The number of fused-ring (bicyclic) bond motifs is 2. The molecule has 0 nitrogen and oxygen atoms in total. The molecule has 4 atom stereocenters. The first-order valence-corrected chi connectivity index (χ1v) is 6.32. The first kappa shape index (κ1) is 7.79. The van der Waals surface area contributed by atoms with E-state index >= 15 is 0 Å². The van der Waals surface area contributed by atoms with E-state index < -0.39 is 0 Å². The lowest BCUT2D eigenvalue weighted by Gasteiger charge is -2.29. The molecule has 0 saturated heterocycles. The van der Waals surface area contributed by atoms with Crippen LogP contribution in [0.4, 0.5) is 0 Å². The molecule has 0 aromatic rings. The minimum atomic E-state index is 0.818. The lowest BCUT2D eigenvalue weighted by atomic mass is 9.28. The van der Waals surface area contributed by atoms with Crippen LogP contribution in [0.5, 0.6) is 0 Å². The maximum absolute atomic E-state index is 2.51. The van der Waals surface area contributed by atoms with Crippen molar-refractivity contribution in [2.24, 2.45) is 11.8 Å². The summed E-state index contributed by atoms with van der Waals surface area (Å²) in [7, 11) is 0. The molecule has 72 valence electrons. The highest BCUT2D eigenvalue weighted by molar-refractivity contribution is 6.66. The Morgan fingerprint density at radius 2 is 1.50 bits per heavy atom. The fourth-order valence-electron chi connectivity index (χ4n) is 4.47. The number of allylic oxidation sites excluding steroid dienone is 4. The van der Waals surface area contributed by atoms with Crippen LogP contribution in [-0.4, -0.2) is 6.71 Å². The zero-order valence-electron chi connectivity index (χ0n) is 8.60. The second-order valence-corrected chi connectivity index (χ2v) is 5.70. The molecule has 0 aromatic heterocycles. The molecular formula is C13H17B. The van der Waals surface area contributed by atoms with Gasteiger partial charge in [-0.05, 0) is 23.5 Å². The van der Waals surface area contributed by atoms with Gasteiger partial charge in [-0.3, -0.25) is 0 Å². The molecule has 0 spiro atoms. The van der Waals surface area contributed by atoms with Crippen LogP contribution in [0.15, 0.2) is 24.3 Å². The molecular weight excluding hydrogens is 167 g/mol. The van der Waals surface area contributed by atoms with Crippen LogP contribution in [-0.2, 0) is 0 Å². The predicted molar refractivity (Wildman–Crippen MR) is 60.7 cm³/mol. The van der Waals surface area contributed by atoms with E-state index in [1.807, 2.05) is 0 Å². The minimum absolute atomic E-state index is 0.818. The Balaban J connectivity index is 1.69. The van der Waals surface area contributed by atoms with Crippen LogP contribution in [0.25, 0.3) is 0 Å². The van der Waals surface area contributed by atoms with Crippen molar-refractivity contribution in [3.63, 3.8) is 0 Å². The summed E-state index contributed by atoms with van der Waals surface area (Å²) in [5.74, 6) is 4.87. The molecule has 0 radical (unpaired) electrons. The molecule has 2 saturated carbocycles. The molecule has 2 aliphatic heterocycles. The minimum Gasteiger partial charge on any atom is -0.0886 e. The summed E-state index contributed by atoms with van der Waals surface area (Å²) in [4.78, 5) is 0. The van der Waals surface area contributed by atoms with E-state index in [1.54, 1.807) is 0 Å². The van der Waals surface area contributed by atoms with Gasteiger partial charge in [0.05, 0.1) is 0 Å². The summed E-state index contributed by atoms with van der Waals surface area (Å²) in [5.41, 5.74) is 0. The van der Waals surface area contributed by atoms with Gasteiger partial charge in [-0.15, -0.1) is 0 Å². The first-order chi connectivity index (χ1) is 6.95. The Hall–Kier alpha value is -0.455. The molecule has 0 N–H and O–H groups in total. The Labute approximate surface area is 86.5 Å². The Kier molecular flexibility index (Phi) is 1.43. The average Bonchev–Trinajstić information content (AvgIpc) is 2.76. The Bertz CT molecular complexity index is 291. The fraction of sp³-hybridized carbons (Fsp3) is 0.692. The van der Waals surface area contributed by atoms with Crippen LogP contribution < -0.4 is 0 Å². The van der Waals surface area contributed by atoms with Gasteiger partial charge in [-0.1, -0.05) is 55.8 Å². The third-order valence-electron chi connectivity index (χ3n) is 5.14. The normalized spacial score (nSPS) is 48.7. The maximum atomic E-state index is 2.51. The summed E-state index contributed by atoms with van der Waals surface area (Å²) >= 11 is 0. The van der Waals surface area contributed by atoms with Gasteiger partial charge in [-0.25, -0.2) is 0 Å². The van der Waals surface area contributed by atoms with E-state index in [2.05, 4.69) is 24.3 Å². The zero-order chi connectivity index (χ0) is 9.12. The summed E-state index contributed by atoms with van der Waals surface area (Å²) < 4.78 is 0. The highest BCUT2D eigenvalue weighted by Crippen LogP contribution is 2.66. The fourth-order valence-corrected chi connectivity index (χ4v) is 4.47. The second kappa shape index (κ2) is 2.56.